The third kappa shape index (κ3) is 3.21. The molecule has 0 amide bonds. The Morgan fingerprint density at radius 1 is 0.643 bits per heavy atom. The van der Waals surface area contributed by atoms with Crippen molar-refractivity contribution in [2.45, 2.75) is 13.8 Å². The highest BCUT2D eigenvalue weighted by molar-refractivity contribution is 6.06. The zero-order chi connectivity index (χ0) is 19.7. The zero-order valence-corrected chi connectivity index (χ0v) is 15.6. The summed E-state index contributed by atoms with van der Waals surface area (Å²) in [5.41, 5.74) is 1.41. The van der Waals surface area contributed by atoms with E-state index in [9.17, 15) is 9.59 Å². The summed E-state index contributed by atoms with van der Waals surface area (Å²) in [6.45, 7) is 2.74. The first kappa shape index (κ1) is 17.7. The van der Waals surface area contributed by atoms with Crippen molar-refractivity contribution in [3.63, 3.8) is 0 Å². The van der Waals surface area contributed by atoms with Crippen LogP contribution in [0.25, 0.3) is 32.7 Å². The number of fused-ring (bicyclic) bond motifs is 2. The Labute approximate surface area is 162 Å². The van der Waals surface area contributed by atoms with Gasteiger partial charge in [-0.2, -0.15) is 0 Å². The maximum Gasteiger partial charge on any atom is 0.308 e. The molecule has 4 rings (SSSR count). The molecule has 4 aromatic rings. The summed E-state index contributed by atoms with van der Waals surface area (Å²) in [6, 6.07) is 23.1. The minimum Gasteiger partial charge on any atom is -0.426 e. The minimum atomic E-state index is -0.411. The Kier molecular flexibility index (Phi) is 4.53. The first-order valence-corrected chi connectivity index (χ1v) is 8.95. The molecule has 0 heterocycles. The van der Waals surface area contributed by atoms with Gasteiger partial charge >= 0.3 is 11.9 Å². The Morgan fingerprint density at radius 2 is 1.21 bits per heavy atom. The van der Waals surface area contributed by atoms with E-state index in [4.69, 9.17) is 9.47 Å². The van der Waals surface area contributed by atoms with Crippen LogP contribution in [0.4, 0.5) is 0 Å². The molecule has 4 nitrogen and oxygen atoms in total. The first-order chi connectivity index (χ1) is 13.5. The molecule has 0 aliphatic heterocycles. The van der Waals surface area contributed by atoms with E-state index in [2.05, 4.69) is 0 Å². The molecule has 0 bridgehead atoms. The number of benzene rings is 4. The summed E-state index contributed by atoms with van der Waals surface area (Å²) >= 11 is 0. The Balaban J connectivity index is 2.11. The lowest BCUT2D eigenvalue weighted by Gasteiger charge is -2.17. The highest BCUT2D eigenvalue weighted by Crippen LogP contribution is 2.44. The molecule has 0 spiro atoms. The van der Waals surface area contributed by atoms with E-state index in [1.54, 1.807) is 6.07 Å². The Hall–Kier alpha value is -3.66. The van der Waals surface area contributed by atoms with E-state index in [1.807, 2.05) is 66.7 Å². The summed E-state index contributed by atoms with van der Waals surface area (Å²) in [4.78, 5) is 23.6. The van der Waals surface area contributed by atoms with Crippen LogP contribution in [0, 0.1) is 0 Å². The zero-order valence-electron chi connectivity index (χ0n) is 15.6. The lowest BCUT2D eigenvalue weighted by molar-refractivity contribution is -0.132. The fraction of sp³-hybridized carbons (Fsp3) is 0.0833. The predicted octanol–water partition coefficient (Wildman–Crippen LogP) is 5.51. The molecule has 0 N–H and O–H groups in total. The largest absolute Gasteiger partial charge is 0.426 e. The maximum absolute atomic E-state index is 11.9. The van der Waals surface area contributed by atoms with Crippen LogP contribution in [0.3, 0.4) is 0 Å². The molecule has 0 aromatic heterocycles. The third-order valence-corrected chi connectivity index (χ3v) is 4.54. The number of esters is 2. The summed E-state index contributed by atoms with van der Waals surface area (Å²) in [6.07, 6.45) is 0. The van der Waals surface area contributed by atoms with E-state index < -0.39 is 11.9 Å². The van der Waals surface area contributed by atoms with Crippen LogP contribution in [-0.4, -0.2) is 11.9 Å². The van der Waals surface area contributed by atoms with Gasteiger partial charge in [0.25, 0.3) is 0 Å². The fourth-order valence-electron chi connectivity index (χ4n) is 3.46. The van der Waals surface area contributed by atoms with Crippen LogP contribution in [-0.2, 0) is 9.59 Å². The second-order valence-corrected chi connectivity index (χ2v) is 6.51. The molecular formula is C24H18O4. The van der Waals surface area contributed by atoms with Crippen molar-refractivity contribution in [2.24, 2.45) is 0 Å². The highest BCUT2D eigenvalue weighted by atomic mass is 16.5. The minimum absolute atomic E-state index is 0.410. The van der Waals surface area contributed by atoms with E-state index in [0.717, 1.165) is 27.1 Å². The summed E-state index contributed by atoms with van der Waals surface area (Å²) < 4.78 is 11.1. The second-order valence-electron chi connectivity index (χ2n) is 6.51. The number of hydrogen-bond donors (Lipinski definition) is 0. The van der Waals surface area contributed by atoms with Gasteiger partial charge in [0.05, 0.1) is 0 Å². The maximum atomic E-state index is 11.9. The molecule has 4 heteroatoms. The fourth-order valence-corrected chi connectivity index (χ4v) is 3.46. The lowest BCUT2D eigenvalue weighted by Crippen LogP contribution is -2.06. The van der Waals surface area contributed by atoms with Crippen LogP contribution in [0.15, 0.2) is 72.8 Å². The number of ether oxygens (including phenoxy) is 2. The topological polar surface area (TPSA) is 52.6 Å². The van der Waals surface area contributed by atoms with Crippen LogP contribution in [0.1, 0.15) is 13.8 Å². The van der Waals surface area contributed by atoms with Gasteiger partial charge in [-0.15, -0.1) is 0 Å². The van der Waals surface area contributed by atoms with Gasteiger partial charge in [-0.05, 0) is 28.3 Å². The average molecular weight is 370 g/mol. The van der Waals surface area contributed by atoms with Gasteiger partial charge in [-0.3, -0.25) is 9.59 Å². The van der Waals surface area contributed by atoms with Gasteiger partial charge in [-0.1, -0.05) is 60.7 Å². The number of carbonyl (C=O) groups excluding carboxylic acids is 2. The summed E-state index contributed by atoms with van der Waals surface area (Å²) in [5.74, 6) is 0.0588. The first-order valence-electron chi connectivity index (χ1n) is 8.95. The molecule has 0 aliphatic carbocycles. The lowest BCUT2D eigenvalue weighted by atomic mass is 9.94. The standard InChI is InChI=1S/C24H18O4/c1-15(25)27-22-14-12-17-7-3-5-9-19(17)23(22)21-13-11-18-8-4-6-10-20(18)24(21)28-16(2)26/h3-14H,1-2H3. The molecule has 4 aromatic carbocycles. The van der Waals surface area contributed by atoms with Crippen molar-refractivity contribution in [1.29, 1.82) is 0 Å². The van der Waals surface area contributed by atoms with Crippen molar-refractivity contribution in [2.75, 3.05) is 0 Å². The van der Waals surface area contributed by atoms with Crippen LogP contribution in [0.2, 0.25) is 0 Å². The van der Waals surface area contributed by atoms with Gasteiger partial charge in [0.2, 0.25) is 0 Å². The monoisotopic (exact) mass is 370 g/mol. The molecular weight excluding hydrogens is 352 g/mol. The molecule has 0 saturated heterocycles. The van der Waals surface area contributed by atoms with Crippen LogP contribution < -0.4 is 9.47 Å². The highest BCUT2D eigenvalue weighted by Gasteiger charge is 2.19. The van der Waals surface area contributed by atoms with Gasteiger partial charge < -0.3 is 9.47 Å². The van der Waals surface area contributed by atoms with Crippen LogP contribution >= 0.6 is 0 Å². The molecule has 28 heavy (non-hydrogen) atoms. The van der Waals surface area contributed by atoms with Crippen molar-refractivity contribution in [3.05, 3.63) is 72.8 Å². The smallest absolute Gasteiger partial charge is 0.308 e. The molecule has 0 saturated carbocycles. The Morgan fingerprint density at radius 3 is 1.89 bits per heavy atom. The molecule has 0 atom stereocenters. The number of rotatable bonds is 3. The van der Waals surface area contributed by atoms with E-state index in [1.165, 1.54) is 13.8 Å². The van der Waals surface area contributed by atoms with E-state index in [-0.39, 0.29) is 0 Å². The normalized spacial score (nSPS) is 10.8. The van der Waals surface area contributed by atoms with Crippen LogP contribution in [0.5, 0.6) is 11.5 Å². The number of carbonyl (C=O) groups is 2. The summed E-state index contributed by atoms with van der Waals surface area (Å²) in [5, 5.41) is 3.67. The van der Waals surface area contributed by atoms with Gasteiger partial charge in [0, 0.05) is 30.4 Å². The van der Waals surface area contributed by atoms with Gasteiger partial charge in [0.1, 0.15) is 11.5 Å². The molecule has 0 radical (unpaired) electrons. The molecule has 0 aliphatic rings. The van der Waals surface area contributed by atoms with Crippen molar-refractivity contribution >= 4 is 33.5 Å². The predicted molar refractivity (Wildman–Crippen MR) is 110 cm³/mol. The van der Waals surface area contributed by atoms with E-state index in [0.29, 0.717) is 17.1 Å². The second kappa shape index (κ2) is 7.16. The Bertz CT molecular complexity index is 1220. The quantitative estimate of drug-likeness (QED) is 0.352. The third-order valence-electron chi connectivity index (χ3n) is 4.54. The SMILES string of the molecule is CC(=O)Oc1ccc2ccccc2c1-c1ccc2ccccc2c1OC(C)=O. The van der Waals surface area contributed by atoms with E-state index >= 15 is 0 Å². The summed E-state index contributed by atoms with van der Waals surface area (Å²) in [7, 11) is 0. The molecule has 0 fully saturated rings. The van der Waals surface area contributed by atoms with Crippen molar-refractivity contribution < 1.29 is 19.1 Å². The van der Waals surface area contributed by atoms with Crippen molar-refractivity contribution in [3.8, 4) is 22.6 Å². The molecule has 0 unspecified atom stereocenters. The number of hydrogen-bond acceptors (Lipinski definition) is 4. The average Bonchev–Trinajstić information content (AvgIpc) is 2.68. The van der Waals surface area contributed by atoms with Crippen molar-refractivity contribution in [1.82, 2.24) is 0 Å². The molecule has 138 valence electrons. The van der Waals surface area contributed by atoms with Gasteiger partial charge in [-0.25, -0.2) is 0 Å². The van der Waals surface area contributed by atoms with Gasteiger partial charge in [0.15, 0.2) is 0 Å².